The Morgan fingerprint density at radius 1 is 0.459 bits per heavy atom. The maximum absolute atomic E-state index is 12.4. The van der Waals surface area contributed by atoms with Gasteiger partial charge in [0.2, 0.25) is 5.91 Å². The highest BCUT2D eigenvalue weighted by Gasteiger charge is 2.17. The molecule has 0 aromatic carbocycles. The molecule has 0 saturated carbocycles. The highest BCUT2D eigenvalue weighted by molar-refractivity contribution is 5.76. The lowest BCUT2D eigenvalue weighted by Gasteiger charge is -2.19. The van der Waals surface area contributed by atoms with Crippen LogP contribution in [-0.4, -0.2) is 47.4 Å². The number of aliphatic hydroxyl groups excluding tert-OH is 2. The van der Waals surface area contributed by atoms with Crippen molar-refractivity contribution in [3.8, 4) is 0 Å². The van der Waals surface area contributed by atoms with E-state index in [1.165, 1.54) is 180 Å². The molecule has 0 rings (SSSR count). The van der Waals surface area contributed by atoms with Crippen LogP contribution in [-0.2, 0) is 14.3 Å². The molecule has 0 fully saturated rings. The van der Waals surface area contributed by atoms with Gasteiger partial charge in [-0.15, -0.1) is 0 Å². The monoisotopic (exact) mass is 856 g/mol. The largest absolute Gasteiger partial charge is 0.466 e. The lowest BCUT2D eigenvalue weighted by molar-refractivity contribution is -0.143. The van der Waals surface area contributed by atoms with Gasteiger partial charge in [-0.3, -0.25) is 9.59 Å². The van der Waals surface area contributed by atoms with Gasteiger partial charge in [-0.05, 0) is 77.0 Å². The summed E-state index contributed by atoms with van der Waals surface area (Å²) in [6, 6.07) is -0.673. The van der Waals surface area contributed by atoms with E-state index < -0.39 is 12.1 Å². The molecule has 0 aliphatic rings. The Morgan fingerprint density at radius 3 is 1.30 bits per heavy atom. The zero-order chi connectivity index (χ0) is 44.4. The zero-order valence-corrected chi connectivity index (χ0v) is 40.4. The molecule has 2 atom stereocenters. The van der Waals surface area contributed by atoms with Crippen LogP contribution in [0.2, 0.25) is 0 Å². The Kier molecular flexibility index (Phi) is 48.7. The number of esters is 1. The maximum atomic E-state index is 12.4. The van der Waals surface area contributed by atoms with E-state index in [0.717, 1.165) is 51.4 Å². The van der Waals surface area contributed by atoms with Crippen LogP contribution in [0.25, 0.3) is 0 Å². The van der Waals surface area contributed by atoms with Gasteiger partial charge in [0.1, 0.15) is 0 Å². The molecule has 2 unspecified atom stereocenters. The average molecular weight is 856 g/mol. The number of amides is 1. The molecule has 6 nitrogen and oxygen atoms in total. The van der Waals surface area contributed by atoms with E-state index >= 15 is 0 Å². The second-order valence-corrected chi connectivity index (χ2v) is 17.8. The van der Waals surface area contributed by atoms with Gasteiger partial charge in [0.05, 0.1) is 25.4 Å². The highest BCUT2D eigenvalue weighted by atomic mass is 16.5. The number of hydrogen-bond donors (Lipinski definition) is 3. The molecular formula is C55H101NO5. The van der Waals surface area contributed by atoms with E-state index in [1.54, 1.807) is 6.08 Å². The Bertz CT molecular complexity index is 1040. The third-order valence-corrected chi connectivity index (χ3v) is 11.8. The van der Waals surface area contributed by atoms with Crippen LogP contribution in [0.1, 0.15) is 264 Å². The van der Waals surface area contributed by atoms with E-state index in [1.807, 2.05) is 12.2 Å². The summed E-state index contributed by atoms with van der Waals surface area (Å²) in [5.74, 6) is -0.177. The molecule has 0 bridgehead atoms. The molecule has 61 heavy (non-hydrogen) atoms. The molecule has 0 aliphatic carbocycles. The van der Waals surface area contributed by atoms with Gasteiger partial charge in [0, 0.05) is 12.8 Å². The SMILES string of the molecule is CCCCCCC/C=C\CCCCCCCC(=O)OCCCCCCCC/C=C\C/C=C\CCC(=O)NC(CO)C(O)/C=C/CCCCCCCCCCCCCCCCC. The van der Waals surface area contributed by atoms with Crippen LogP contribution in [0.15, 0.2) is 48.6 Å². The first-order valence-electron chi connectivity index (χ1n) is 26.4. The first kappa shape index (κ1) is 58.8. The van der Waals surface area contributed by atoms with E-state index in [0.29, 0.717) is 25.9 Å². The fourth-order valence-electron chi connectivity index (χ4n) is 7.74. The van der Waals surface area contributed by atoms with Crippen LogP contribution < -0.4 is 5.32 Å². The molecule has 356 valence electrons. The van der Waals surface area contributed by atoms with Gasteiger partial charge in [0.25, 0.3) is 0 Å². The molecule has 0 radical (unpaired) electrons. The van der Waals surface area contributed by atoms with Gasteiger partial charge >= 0.3 is 5.97 Å². The summed E-state index contributed by atoms with van der Waals surface area (Å²) < 4.78 is 5.44. The predicted octanol–water partition coefficient (Wildman–Crippen LogP) is 15.8. The van der Waals surface area contributed by atoms with Crippen molar-refractivity contribution in [2.24, 2.45) is 0 Å². The fraction of sp³-hybridized carbons (Fsp3) is 0.818. The summed E-state index contributed by atoms with van der Waals surface area (Å²) in [5.41, 5.74) is 0. The van der Waals surface area contributed by atoms with Crippen molar-refractivity contribution in [2.75, 3.05) is 13.2 Å². The molecule has 1 amide bonds. The number of rotatable bonds is 48. The first-order valence-corrected chi connectivity index (χ1v) is 26.4. The minimum atomic E-state index is -0.880. The molecular weight excluding hydrogens is 755 g/mol. The van der Waals surface area contributed by atoms with E-state index in [4.69, 9.17) is 4.74 Å². The number of carbonyl (C=O) groups excluding carboxylic acids is 2. The van der Waals surface area contributed by atoms with Crippen molar-refractivity contribution in [1.82, 2.24) is 5.32 Å². The van der Waals surface area contributed by atoms with Crippen LogP contribution >= 0.6 is 0 Å². The number of aliphatic hydroxyl groups is 2. The summed E-state index contributed by atoms with van der Waals surface area (Å²) in [7, 11) is 0. The van der Waals surface area contributed by atoms with E-state index in [2.05, 4.69) is 49.5 Å². The maximum Gasteiger partial charge on any atom is 0.305 e. The molecule has 0 heterocycles. The third kappa shape index (κ3) is 47.1. The van der Waals surface area contributed by atoms with Crippen molar-refractivity contribution < 1.29 is 24.5 Å². The van der Waals surface area contributed by atoms with Gasteiger partial charge < -0.3 is 20.3 Å². The normalized spacial score (nSPS) is 13.0. The summed E-state index contributed by atoms with van der Waals surface area (Å²) >= 11 is 0. The summed E-state index contributed by atoms with van der Waals surface area (Å²) in [6.07, 6.45) is 62.7. The second-order valence-electron chi connectivity index (χ2n) is 17.8. The first-order chi connectivity index (χ1) is 30.0. The molecule has 0 saturated heterocycles. The Labute approximate surface area is 378 Å². The second kappa shape index (κ2) is 50.5. The lowest BCUT2D eigenvalue weighted by atomic mass is 10.0. The zero-order valence-electron chi connectivity index (χ0n) is 40.4. The summed E-state index contributed by atoms with van der Waals surface area (Å²) in [6.45, 7) is 4.82. The van der Waals surface area contributed by atoms with Crippen LogP contribution in [0.5, 0.6) is 0 Å². The average Bonchev–Trinajstić information content (AvgIpc) is 3.26. The Hall–Kier alpha value is -2.18. The van der Waals surface area contributed by atoms with Crippen LogP contribution in [0, 0.1) is 0 Å². The van der Waals surface area contributed by atoms with E-state index in [9.17, 15) is 19.8 Å². The predicted molar refractivity (Wildman–Crippen MR) is 264 cm³/mol. The topological polar surface area (TPSA) is 95.9 Å². The van der Waals surface area contributed by atoms with Crippen molar-refractivity contribution in [3.05, 3.63) is 48.6 Å². The highest BCUT2D eigenvalue weighted by Crippen LogP contribution is 2.15. The minimum Gasteiger partial charge on any atom is -0.466 e. The molecule has 6 heteroatoms. The standard InChI is InChI=1S/C55H101NO5/c1-3-5-7-9-11-13-15-17-19-20-21-23-27-31-35-39-43-47-53(58)52(51-57)56-54(59)48-44-40-36-32-28-24-22-26-30-34-38-42-46-50-61-55(60)49-45-41-37-33-29-25-18-16-14-12-10-8-6-4-2/h16,18,24,28,36,40,43,47,52-53,57-58H,3-15,17,19-23,25-27,29-35,37-39,41-42,44-46,48-51H2,1-2H3,(H,56,59)/b18-16-,28-24-,40-36-,47-43+. The van der Waals surface area contributed by atoms with Crippen LogP contribution in [0.3, 0.4) is 0 Å². The quantitative estimate of drug-likeness (QED) is 0.0322. The number of unbranched alkanes of at least 4 members (excludes halogenated alkanes) is 31. The fourth-order valence-corrected chi connectivity index (χ4v) is 7.74. The Balaban J connectivity index is 3.60. The third-order valence-electron chi connectivity index (χ3n) is 11.8. The van der Waals surface area contributed by atoms with E-state index in [-0.39, 0.29) is 18.5 Å². The number of allylic oxidation sites excluding steroid dienone is 7. The number of nitrogens with one attached hydrogen (secondary N) is 1. The lowest BCUT2D eigenvalue weighted by Crippen LogP contribution is -2.45. The number of hydrogen-bond acceptors (Lipinski definition) is 5. The Morgan fingerprint density at radius 2 is 0.836 bits per heavy atom. The summed E-state index contributed by atoms with van der Waals surface area (Å²) in [5, 5.41) is 23.0. The smallest absolute Gasteiger partial charge is 0.305 e. The number of ether oxygens (including phenoxy) is 1. The molecule has 0 spiro atoms. The van der Waals surface area contributed by atoms with Gasteiger partial charge in [-0.1, -0.05) is 223 Å². The van der Waals surface area contributed by atoms with Crippen LogP contribution in [0.4, 0.5) is 0 Å². The van der Waals surface area contributed by atoms with Crippen molar-refractivity contribution in [1.29, 1.82) is 0 Å². The minimum absolute atomic E-state index is 0.0277. The molecule has 0 aromatic rings. The number of carbonyl (C=O) groups is 2. The van der Waals surface area contributed by atoms with Gasteiger partial charge in [-0.2, -0.15) is 0 Å². The molecule has 0 aliphatic heterocycles. The molecule has 0 aromatic heterocycles. The van der Waals surface area contributed by atoms with Crippen molar-refractivity contribution >= 4 is 11.9 Å². The van der Waals surface area contributed by atoms with Gasteiger partial charge in [0.15, 0.2) is 0 Å². The van der Waals surface area contributed by atoms with Crippen molar-refractivity contribution in [3.63, 3.8) is 0 Å². The molecule has 3 N–H and O–H groups in total. The summed E-state index contributed by atoms with van der Waals surface area (Å²) in [4.78, 5) is 24.4. The van der Waals surface area contributed by atoms with Gasteiger partial charge in [-0.25, -0.2) is 0 Å². The van der Waals surface area contributed by atoms with Crippen molar-refractivity contribution in [2.45, 2.75) is 276 Å².